The third kappa shape index (κ3) is 5.28. The zero-order valence-corrected chi connectivity index (χ0v) is 21.1. The monoisotopic (exact) mass is 473 g/mol. The van der Waals surface area contributed by atoms with E-state index in [-0.39, 0.29) is 24.0 Å². The molecule has 0 radical (unpaired) electrons. The summed E-state index contributed by atoms with van der Waals surface area (Å²) in [6.45, 7) is 10.6. The molecule has 0 unspecified atom stereocenters. The van der Waals surface area contributed by atoms with E-state index in [4.69, 9.17) is 13.9 Å². The van der Waals surface area contributed by atoms with Gasteiger partial charge in [-0.15, -0.1) is 0 Å². The molecule has 1 saturated heterocycles. The van der Waals surface area contributed by atoms with E-state index < -0.39 is 38.1 Å². The molecule has 0 bridgehead atoms. The lowest BCUT2D eigenvalue weighted by Gasteiger charge is -2.37. The van der Waals surface area contributed by atoms with Crippen LogP contribution >= 0.6 is 0 Å². The van der Waals surface area contributed by atoms with E-state index in [9.17, 15) is 14.0 Å². The SMILES string of the molecule is COc1ccc([C@@H](CO[Si](C)(C)C(C)(C)C)C(=O)N2C(=O)OC[C@H]2c2ccccc2)cc1F. The predicted octanol–water partition coefficient (Wildman–Crippen LogP) is 5.66. The number of cyclic esters (lactones) is 1. The van der Waals surface area contributed by atoms with Crippen LogP contribution in [0.1, 0.15) is 43.9 Å². The zero-order valence-electron chi connectivity index (χ0n) is 20.1. The maximum Gasteiger partial charge on any atom is 0.417 e. The Morgan fingerprint density at radius 3 is 2.45 bits per heavy atom. The zero-order chi connectivity index (χ0) is 24.4. The van der Waals surface area contributed by atoms with Gasteiger partial charge in [0.1, 0.15) is 12.6 Å². The topological polar surface area (TPSA) is 65.1 Å². The van der Waals surface area contributed by atoms with Crippen LogP contribution in [-0.4, -0.2) is 45.5 Å². The minimum Gasteiger partial charge on any atom is -0.494 e. The summed E-state index contributed by atoms with van der Waals surface area (Å²) in [5.74, 6) is -1.85. The molecule has 2 aromatic rings. The number of amides is 2. The summed E-state index contributed by atoms with van der Waals surface area (Å²) in [5, 5.41) is -0.0785. The standard InChI is InChI=1S/C25H32FNO5Si/c1-25(2,3)33(5,6)32-15-19(18-12-13-22(30-4)20(26)14-18)23(28)27-21(16-31-24(27)29)17-10-8-7-9-11-17/h7-14,19,21H,15-16H2,1-6H3/t19-,21+/m1/s1. The largest absolute Gasteiger partial charge is 0.494 e. The second kappa shape index (κ2) is 9.65. The highest BCUT2D eigenvalue weighted by molar-refractivity contribution is 6.74. The summed E-state index contributed by atoms with van der Waals surface area (Å²) in [4.78, 5) is 27.5. The number of carbonyl (C=O) groups excluding carboxylic acids is 2. The molecule has 1 aliphatic heterocycles. The summed E-state index contributed by atoms with van der Waals surface area (Å²) in [6.07, 6.45) is -0.708. The molecule has 0 saturated carbocycles. The fraction of sp³-hybridized carbons (Fsp3) is 0.440. The molecule has 1 heterocycles. The van der Waals surface area contributed by atoms with Crippen molar-refractivity contribution in [2.24, 2.45) is 0 Å². The number of methoxy groups -OCH3 is 1. The highest BCUT2D eigenvalue weighted by Crippen LogP contribution is 2.38. The molecule has 0 spiro atoms. The second-order valence-corrected chi connectivity index (χ2v) is 14.5. The molecule has 2 amide bonds. The molecule has 2 atom stereocenters. The van der Waals surface area contributed by atoms with Crippen molar-refractivity contribution in [1.29, 1.82) is 0 Å². The molecule has 0 aromatic heterocycles. The van der Waals surface area contributed by atoms with Crippen molar-refractivity contribution in [1.82, 2.24) is 4.90 Å². The van der Waals surface area contributed by atoms with Gasteiger partial charge in [-0.25, -0.2) is 14.1 Å². The van der Waals surface area contributed by atoms with Crippen LogP contribution < -0.4 is 4.74 Å². The second-order valence-electron chi connectivity index (χ2n) is 9.73. The molecule has 3 rings (SSSR count). The lowest BCUT2D eigenvalue weighted by molar-refractivity contribution is -0.131. The van der Waals surface area contributed by atoms with Crippen molar-refractivity contribution in [3.63, 3.8) is 0 Å². The van der Waals surface area contributed by atoms with Crippen LogP contribution in [-0.2, 0) is 14.0 Å². The first-order valence-corrected chi connectivity index (χ1v) is 13.9. The Bertz CT molecular complexity index is 1010. The highest BCUT2D eigenvalue weighted by atomic mass is 28.4. The van der Waals surface area contributed by atoms with Gasteiger partial charge in [-0.05, 0) is 41.4 Å². The van der Waals surface area contributed by atoms with Gasteiger partial charge in [-0.1, -0.05) is 57.2 Å². The summed E-state index contributed by atoms with van der Waals surface area (Å²) in [5.41, 5.74) is 1.21. The maximum absolute atomic E-state index is 14.6. The van der Waals surface area contributed by atoms with Gasteiger partial charge in [0, 0.05) is 6.61 Å². The number of imide groups is 1. The van der Waals surface area contributed by atoms with E-state index in [0.717, 1.165) is 10.5 Å². The average molecular weight is 474 g/mol. The van der Waals surface area contributed by atoms with Crippen LogP contribution in [0.15, 0.2) is 48.5 Å². The van der Waals surface area contributed by atoms with Gasteiger partial charge in [0.25, 0.3) is 0 Å². The van der Waals surface area contributed by atoms with E-state index in [1.54, 1.807) is 6.07 Å². The van der Waals surface area contributed by atoms with Crippen molar-refractivity contribution in [3.05, 3.63) is 65.5 Å². The fourth-order valence-electron chi connectivity index (χ4n) is 3.47. The van der Waals surface area contributed by atoms with Gasteiger partial charge >= 0.3 is 6.09 Å². The minimum absolute atomic E-state index is 0.0341. The molecule has 0 aliphatic carbocycles. The van der Waals surface area contributed by atoms with E-state index in [2.05, 4.69) is 33.9 Å². The van der Waals surface area contributed by atoms with Crippen LogP contribution in [0, 0.1) is 5.82 Å². The van der Waals surface area contributed by atoms with Crippen molar-refractivity contribution < 1.29 is 27.9 Å². The molecule has 6 nitrogen and oxygen atoms in total. The number of benzene rings is 2. The number of hydrogen-bond acceptors (Lipinski definition) is 5. The van der Waals surface area contributed by atoms with Crippen LogP contribution in [0.25, 0.3) is 0 Å². The third-order valence-electron chi connectivity index (χ3n) is 6.59. The minimum atomic E-state index is -2.22. The van der Waals surface area contributed by atoms with Crippen LogP contribution in [0.4, 0.5) is 9.18 Å². The molecule has 8 heteroatoms. The van der Waals surface area contributed by atoms with Crippen molar-refractivity contribution in [3.8, 4) is 5.75 Å². The van der Waals surface area contributed by atoms with Gasteiger partial charge in [-0.3, -0.25) is 4.79 Å². The normalized spacial score (nSPS) is 17.6. The predicted molar refractivity (Wildman–Crippen MR) is 126 cm³/mol. The van der Waals surface area contributed by atoms with Gasteiger partial charge in [-0.2, -0.15) is 0 Å². The molecule has 33 heavy (non-hydrogen) atoms. The third-order valence-corrected chi connectivity index (χ3v) is 11.1. The van der Waals surface area contributed by atoms with E-state index >= 15 is 0 Å². The summed E-state index contributed by atoms with van der Waals surface area (Å²) in [6, 6.07) is 13.1. The number of halogens is 1. The molecule has 1 fully saturated rings. The first kappa shape index (κ1) is 24.9. The first-order valence-electron chi connectivity index (χ1n) is 11.0. The summed E-state index contributed by atoms with van der Waals surface area (Å²) in [7, 11) is -0.840. The lowest BCUT2D eigenvalue weighted by Crippen LogP contribution is -2.44. The van der Waals surface area contributed by atoms with Crippen LogP contribution in [0.3, 0.4) is 0 Å². The van der Waals surface area contributed by atoms with Gasteiger partial charge in [0.2, 0.25) is 5.91 Å². The molecule has 178 valence electrons. The highest BCUT2D eigenvalue weighted by Gasteiger charge is 2.44. The Kier molecular flexibility index (Phi) is 7.28. The number of rotatable bonds is 7. The number of hydrogen-bond donors (Lipinski definition) is 0. The molecule has 2 aromatic carbocycles. The Balaban J connectivity index is 1.98. The number of carbonyl (C=O) groups is 2. The Hall–Kier alpha value is -2.71. The summed E-state index contributed by atoms with van der Waals surface area (Å²) < 4.78 is 31.2. The van der Waals surface area contributed by atoms with Crippen molar-refractivity contribution in [2.45, 2.75) is 50.9 Å². The van der Waals surface area contributed by atoms with Gasteiger partial charge < -0.3 is 13.9 Å². The number of ether oxygens (including phenoxy) is 2. The first-order chi connectivity index (χ1) is 15.5. The average Bonchev–Trinajstić information content (AvgIpc) is 3.15. The molecular weight excluding hydrogens is 441 g/mol. The Morgan fingerprint density at radius 1 is 1.21 bits per heavy atom. The molecular formula is C25H32FNO5Si. The lowest BCUT2D eigenvalue weighted by atomic mass is 9.96. The Labute approximate surface area is 195 Å². The van der Waals surface area contributed by atoms with E-state index in [1.165, 1.54) is 19.2 Å². The van der Waals surface area contributed by atoms with E-state index in [0.29, 0.717) is 5.56 Å². The van der Waals surface area contributed by atoms with Crippen LogP contribution in [0.5, 0.6) is 5.75 Å². The summed E-state index contributed by atoms with van der Waals surface area (Å²) >= 11 is 0. The fourth-order valence-corrected chi connectivity index (χ4v) is 4.49. The molecule has 1 aliphatic rings. The van der Waals surface area contributed by atoms with Gasteiger partial charge in [0.15, 0.2) is 19.9 Å². The van der Waals surface area contributed by atoms with Crippen LogP contribution in [0.2, 0.25) is 18.1 Å². The van der Waals surface area contributed by atoms with E-state index in [1.807, 2.05) is 30.3 Å². The van der Waals surface area contributed by atoms with Crippen molar-refractivity contribution >= 4 is 20.3 Å². The molecule has 0 N–H and O–H groups in total. The quantitative estimate of drug-likeness (QED) is 0.486. The Morgan fingerprint density at radius 2 is 1.88 bits per heavy atom. The number of nitrogens with zero attached hydrogens (tertiary/aromatic N) is 1. The smallest absolute Gasteiger partial charge is 0.417 e. The van der Waals surface area contributed by atoms with Crippen molar-refractivity contribution in [2.75, 3.05) is 20.3 Å². The maximum atomic E-state index is 14.6. The van der Waals surface area contributed by atoms with Gasteiger partial charge in [0.05, 0.1) is 13.0 Å².